The van der Waals surface area contributed by atoms with E-state index in [9.17, 15) is 0 Å². The second kappa shape index (κ2) is 26.9. The standard InChI is InChI=1S/C53H49N3.C12H12.C2H6/c1-5-6-10-20-39(2)48-36-43(30-32-51(48)55-46-27-15-9-16-28-46)44-31-33-53-49(37-44)40(3)21-17-18-34-56(53)47-29-19-26-45(35-47)50(41-22-11-7-12-23-41)38-52(54-4)42-24-13-8-14-25-42;1-3-4-8-11(2)12-9-6-5-7-10-12;1-2/h5-13,15-24,26-38,52,54-55H,2-3,14,25H2,1,4H3;3-10H,1-2H2;1-2H3/b6-5-,20-10-,21-17-,34-18-,50-38-;8-4-;. The highest BCUT2D eigenvalue weighted by atomic mass is 15.1. The Morgan fingerprint density at radius 1 is 0.671 bits per heavy atom. The Labute approximate surface area is 419 Å². The van der Waals surface area contributed by atoms with E-state index in [1.165, 1.54) is 16.7 Å². The van der Waals surface area contributed by atoms with Gasteiger partial charge in [-0.25, -0.2) is 0 Å². The molecule has 70 heavy (non-hydrogen) atoms. The summed E-state index contributed by atoms with van der Waals surface area (Å²) in [5.74, 6) is 0. The molecule has 0 saturated heterocycles. The number of likely N-dealkylation sites (N-methyl/N-ethyl adjacent to an activating group) is 1. The summed E-state index contributed by atoms with van der Waals surface area (Å²) in [5.41, 5.74) is 17.4. The van der Waals surface area contributed by atoms with Crippen molar-refractivity contribution in [2.75, 3.05) is 17.3 Å². The van der Waals surface area contributed by atoms with Gasteiger partial charge >= 0.3 is 0 Å². The molecule has 0 radical (unpaired) electrons. The maximum Gasteiger partial charge on any atom is 0.0534 e. The van der Waals surface area contributed by atoms with Crippen LogP contribution >= 0.6 is 0 Å². The summed E-state index contributed by atoms with van der Waals surface area (Å²) in [6.07, 6.45) is 33.3. The van der Waals surface area contributed by atoms with Crippen molar-refractivity contribution in [2.45, 2.75) is 39.7 Å². The number of fused-ring (bicyclic) bond motifs is 1. The molecule has 1 aliphatic carbocycles. The molecule has 350 valence electrons. The Kier molecular flexibility index (Phi) is 19.7. The molecular weight excluding hydrogens is 847 g/mol. The van der Waals surface area contributed by atoms with E-state index in [2.05, 4.69) is 200 Å². The molecule has 0 spiro atoms. The second-order valence-electron chi connectivity index (χ2n) is 16.4. The molecule has 1 unspecified atom stereocenters. The number of anilines is 4. The van der Waals surface area contributed by atoms with Crippen LogP contribution in [0.2, 0.25) is 0 Å². The van der Waals surface area contributed by atoms with Crippen molar-refractivity contribution in [3.05, 3.63) is 303 Å². The van der Waals surface area contributed by atoms with Gasteiger partial charge in [0.25, 0.3) is 0 Å². The first-order valence-electron chi connectivity index (χ1n) is 24.2. The molecule has 3 nitrogen and oxygen atoms in total. The Morgan fingerprint density at radius 2 is 1.34 bits per heavy atom. The zero-order valence-electron chi connectivity index (χ0n) is 41.4. The molecule has 1 heterocycles. The van der Waals surface area contributed by atoms with Crippen molar-refractivity contribution in [2.24, 2.45) is 0 Å². The molecule has 3 heteroatoms. The average Bonchev–Trinajstić information content (AvgIpc) is 3.42. The van der Waals surface area contributed by atoms with Crippen LogP contribution in [-0.4, -0.2) is 13.1 Å². The van der Waals surface area contributed by atoms with Gasteiger partial charge in [-0.15, -0.1) is 0 Å². The molecule has 0 amide bonds. The summed E-state index contributed by atoms with van der Waals surface area (Å²) < 4.78 is 0. The Bertz CT molecular complexity index is 2970. The molecule has 0 bridgehead atoms. The molecule has 1 aliphatic heterocycles. The number of hydrogen-bond acceptors (Lipinski definition) is 3. The van der Waals surface area contributed by atoms with E-state index >= 15 is 0 Å². The highest BCUT2D eigenvalue weighted by Gasteiger charge is 2.19. The second-order valence-corrected chi connectivity index (χ2v) is 16.4. The maximum absolute atomic E-state index is 4.53. The van der Waals surface area contributed by atoms with Gasteiger partial charge in [0.2, 0.25) is 0 Å². The molecule has 0 saturated carbocycles. The first-order valence-corrected chi connectivity index (χ1v) is 24.2. The number of para-hydroxylation sites is 1. The minimum Gasteiger partial charge on any atom is -0.355 e. The summed E-state index contributed by atoms with van der Waals surface area (Å²) in [6.45, 7) is 22.5. The molecule has 0 fully saturated rings. The lowest BCUT2D eigenvalue weighted by molar-refractivity contribution is 0.711. The predicted octanol–water partition coefficient (Wildman–Crippen LogP) is 18.2. The lowest BCUT2D eigenvalue weighted by Crippen LogP contribution is -2.26. The van der Waals surface area contributed by atoms with Crippen LogP contribution in [0.4, 0.5) is 22.7 Å². The Balaban J connectivity index is 0.000000498. The average molecular weight is 914 g/mol. The first kappa shape index (κ1) is 51.2. The van der Waals surface area contributed by atoms with Gasteiger partial charge in [-0.05, 0) is 137 Å². The number of allylic oxidation sites excluding steroid dienone is 16. The number of rotatable bonds is 15. The minimum atomic E-state index is 0.123. The van der Waals surface area contributed by atoms with Crippen molar-refractivity contribution in [1.29, 1.82) is 0 Å². The van der Waals surface area contributed by atoms with Crippen LogP contribution < -0.4 is 15.5 Å². The van der Waals surface area contributed by atoms with Crippen molar-refractivity contribution in [1.82, 2.24) is 5.32 Å². The van der Waals surface area contributed by atoms with Gasteiger partial charge < -0.3 is 15.5 Å². The molecule has 8 rings (SSSR count). The molecule has 6 aromatic carbocycles. The van der Waals surface area contributed by atoms with Crippen LogP contribution in [0.5, 0.6) is 0 Å². The summed E-state index contributed by atoms with van der Waals surface area (Å²) in [6, 6.07) is 53.3. The van der Waals surface area contributed by atoms with E-state index in [0.717, 1.165) is 85.7 Å². The third-order valence-corrected chi connectivity index (χ3v) is 11.8. The first-order chi connectivity index (χ1) is 34.4. The van der Waals surface area contributed by atoms with Gasteiger partial charge in [0.15, 0.2) is 0 Å². The third-order valence-electron chi connectivity index (χ3n) is 11.8. The lowest BCUT2D eigenvalue weighted by Gasteiger charge is -2.27. The van der Waals surface area contributed by atoms with Crippen LogP contribution in [0.25, 0.3) is 33.4 Å². The van der Waals surface area contributed by atoms with Crippen molar-refractivity contribution in [3.63, 3.8) is 0 Å². The molecule has 0 aromatic heterocycles. The highest BCUT2D eigenvalue weighted by Crippen LogP contribution is 2.40. The summed E-state index contributed by atoms with van der Waals surface area (Å²) >= 11 is 0. The fourth-order valence-electron chi connectivity index (χ4n) is 8.19. The summed E-state index contributed by atoms with van der Waals surface area (Å²) in [4.78, 5) is 2.27. The largest absolute Gasteiger partial charge is 0.355 e. The van der Waals surface area contributed by atoms with E-state index in [4.69, 9.17) is 0 Å². The third kappa shape index (κ3) is 13.9. The molecule has 6 aromatic rings. The van der Waals surface area contributed by atoms with E-state index < -0.39 is 0 Å². The van der Waals surface area contributed by atoms with Gasteiger partial charge in [-0.2, -0.15) is 0 Å². The number of hydrogen-bond donors (Lipinski definition) is 2. The van der Waals surface area contributed by atoms with E-state index in [-0.39, 0.29) is 6.04 Å². The topological polar surface area (TPSA) is 27.3 Å². The van der Waals surface area contributed by atoms with Crippen LogP contribution in [0.3, 0.4) is 0 Å². The zero-order valence-corrected chi connectivity index (χ0v) is 41.4. The molecule has 2 aliphatic rings. The van der Waals surface area contributed by atoms with E-state index in [1.54, 1.807) is 6.08 Å². The van der Waals surface area contributed by atoms with Gasteiger partial charge in [0.1, 0.15) is 0 Å². The quantitative estimate of drug-likeness (QED) is 0.101. The van der Waals surface area contributed by atoms with E-state index in [0.29, 0.717) is 0 Å². The SMILES string of the molecule is C=C(/C=C\C=C/C)c1cc(-c2ccc3c(c2)C(=C)/C=C\C=C/N3c2cccc(/C(=C\C(NC)C3=CC=CCC3)c3ccccc3)c2)ccc1Nc1ccccc1.C=C/C=C\C(=C)c1ccccc1.CC. The highest BCUT2D eigenvalue weighted by molar-refractivity contribution is 5.91. The summed E-state index contributed by atoms with van der Waals surface area (Å²) in [5, 5.41) is 7.18. The summed E-state index contributed by atoms with van der Waals surface area (Å²) in [7, 11) is 2.05. The number of nitrogens with one attached hydrogen (secondary N) is 2. The van der Waals surface area contributed by atoms with Crippen LogP contribution in [0, 0.1) is 0 Å². The minimum absolute atomic E-state index is 0.123. The fourth-order valence-corrected chi connectivity index (χ4v) is 8.19. The van der Waals surface area contributed by atoms with Gasteiger partial charge in [0.05, 0.1) is 5.69 Å². The molecule has 2 N–H and O–H groups in total. The van der Waals surface area contributed by atoms with Crippen LogP contribution in [-0.2, 0) is 0 Å². The molecular formula is C67H67N3. The Hall–Kier alpha value is -8.24. The maximum atomic E-state index is 4.53. The fraction of sp³-hybridized carbons (Fsp3) is 0.104. The van der Waals surface area contributed by atoms with Crippen LogP contribution in [0.1, 0.15) is 61.4 Å². The zero-order chi connectivity index (χ0) is 49.5. The van der Waals surface area contributed by atoms with Gasteiger partial charge in [-0.1, -0.05) is 222 Å². The smallest absolute Gasteiger partial charge is 0.0534 e. The normalized spacial score (nSPS) is 14.5. The monoisotopic (exact) mass is 914 g/mol. The van der Waals surface area contributed by atoms with Crippen molar-refractivity contribution in [3.8, 4) is 11.1 Å². The van der Waals surface area contributed by atoms with Gasteiger partial charge in [0, 0.05) is 40.4 Å². The number of nitrogens with zero attached hydrogens (tertiary/aromatic N) is 1. The Morgan fingerprint density at radius 3 is 2.03 bits per heavy atom. The van der Waals surface area contributed by atoms with Gasteiger partial charge in [-0.3, -0.25) is 0 Å². The van der Waals surface area contributed by atoms with Crippen molar-refractivity contribution < 1.29 is 0 Å². The van der Waals surface area contributed by atoms with Crippen molar-refractivity contribution >= 4 is 45.0 Å². The molecule has 1 atom stereocenters. The number of benzene rings is 6. The predicted molar refractivity (Wildman–Crippen MR) is 309 cm³/mol. The lowest BCUT2D eigenvalue weighted by atomic mass is 9.91. The van der Waals surface area contributed by atoms with Crippen LogP contribution in [0.15, 0.2) is 275 Å². The van der Waals surface area contributed by atoms with E-state index in [1.807, 2.05) is 107 Å².